The molecule has 1 unspecified atom stereocenters. The SMILES string of the molecule is COc1cc(COCC2(N(C)C)CCS(=O)(=O)c3ccccc32)cc(OC)c1OC. The molecule has 0 aromatic heterocycles. The second-order valence-corrected chi connectivity index (χ2v) is 9.60. The van der Waals surface area contributed by atoms with Gasteiger partial charge in [0.1, 0.15) is 0 Å². The second kappa shape index (κ2) is 8.83. The molecule has 2 aromatic carbocycles. The fourth-order valence-electron chi connectivity index (χ4n) is 3.97. The van der Waals surface area contributed by atoms with Crippen LogP contribution in [0.15, 0.2) is 41.3 Å². The average Bonchev–Trinajstić information content (AvgIpc) is 2.74. The predicted molar refractivity (Wildman–Crippen MR) is 114 cm³/mol. The molecule has 30 heavy (non-hydrogen) atoms. The van der Waals surface area contributed by atoms with Crippen LogP contribution in [0.1, 0.15) is 17.5 Å². The molecule has 7 nitrogen and oxygen atoms in total. The number of hydrogen-bond donors (Lipinski definition) is 0. The van der Waals surface area contributed by atoms with Crippen LogP contribution in [0.5, 0.6) is 17.2 Å². The summed E-state index contributed by atoms with van der Waals surface area (Å²) in [7, 11) is 5.34. The van der Waals surface area contributed by atoms with Gasteiger partial charge in [-0.15, -0.1) is 0 Å². The van der Waals surface area contributed by atoms with Gasteiger partial charge in [0.2, 0.25) is 5.75 Å². The highest BCUT2D eigenvalue weighted by Crippen LogP contribution is 2.41. The minimum atomic E-state index is -3.28. The van der Waals surface area contributed by atoms with Gasteiger partial charge in [-0.05, 0) is 49.8 Å². The second-order valence-electron chi connectivity index (χ2n) is 7.52. The van der Waals surface area contributed by atoms with E-state index in [1.807, 2.05) is 38.4 Å². The molecule has 0 bridgehead atoms. The zero-order valence-corrected chi connectivity index (χ0v) is 18.9. The van der Waals surface area contributed by atoms with Crippen molar-refractivity contribution in [3.63, 3.8) is 0 Å². The Balaban J connectivity index is 1.87. The molecular weight excluding hydrogens is 406 g/mol. The molecule has 3 rings (SSSR count). The molecule has 0 saturated heterocycles. The molecule has 1 atom stereocenters. The van der Waals surface area contributed by atoms with E-state index in [2.05, 4.69) is 4.90 Å². The summed E-state index contributed by atoms with van der Waals surface area (Å²) >= 11 is 0. The summed E-state index contributed by atoms with van der Waals surface area (Å²) < 4.78 is 47.5. The molecule has 0 saturated carbocycles. The molecular formula is C22H29NO6S. The van der Waals surface area contributed by atoms with E-state index in [0.717, 1.165) is 11.1 Å². The molecule has 8 heteroatoms. The number of ether oxygens (including phenoxy) is 4. The Kier molecular flexibility index (Phi) is 6.59. The highest BCUT2D eigenvalue weighted by Gasteiger charge is 2.43. The summed E-state index contributed by atoms with van der Waals surface area (Å²) in [5, 5.41) is 0. The van der Waals surface area contributed by atoms with Crippen molar-refractivity contribution in [2.45, 2.75) is 23.5 Å². The monoisotopic (exact) mass is 435 g/mol. The number of sulfone groups is 1. The Labute approximate surface area is 178 Å². The zero-order valence-electron chi connectivity index (χ0n) is 18.1. The summed E-state index contributed by atoms with van der Waals surface area (Å²) in [6.07, 6.45) is 0.467. The quantitative estimate of drug-likeness (QED) is 0.631. The lowest BCUT2D eigenvalue weighted by Gasteiger charge is -2.43. The van der Waals surface area contributed by atoms with Gasteiger partial charge in [0, 0.05) is 0 Å². The maximum absolute atomic E-state index is 12.6. The van der Waals surface area contributed by atoms with Gasteiger partial charge in [-0.3, -0.25) is 4.90 Å². The lowest BCUT2D eigenvalue weighted by Crippen LogP contribution is -2.49. The standard InChI is InChI=1S/C22H29NO6S/c1-23(2)22(10-11-30(24,25)20-9-7-6-8-17(20)22)15-29-14-16-12-18(26-3)21(28-5)19(13-16)27-4/h6-9,12-13H,10-11,14-15H2,1-5H3. The number of methoxy groups -OCH3 is 3. The Hall–Kier alpha value is -2.29. The smallest absolute Gasteiger partial charge is 0.203 e. The molecule has 1 heterocycles. The molecule has 0 spiro atoms. The van der Waals surface area contributed by atoms with Crippen LogP contribution in [0.2, 0.25) is 0 Å². The maximum atomic E-state index is 12.6. The van der Waals surface area contributed by atoms with Gasteiger partial charge < -0.3 is 18.9 Å². The van der Waals surface area contributed by atoms with E-state index in [9.17, 15) is 8.42 Å². The van der Waals surface area contributed by atoms with E-state index >= 15 is 0 Å². The molecule has 0 amide bonds. The van der Waals surface area contributed by atoms with Crippen molar-refractivity contribution < 1.29 is 27.4 Å². The van der Waals surface area contributed by atoms with Crippen LogP contribution in [-0.2, 0) is 26.7 Å². The molecule has 1 aliphatic heterocycles. The first kappa shape index (κ1) is 22.4. The third kappa shape index (κ3) is 3.99. The van der Waals surface area contributed by atoms with E-state index in [4.69, 9.17) is 18.9 Å². The van der Waals surface area contributed by atoms with Gasteiger partial charge >= 0.3 is 0 Å². The first-order chi connectivity index (χ1) is 14.3. The van der Waals surface area contributed by atoms with Crippen LogP contribution in [0.25, 0.3) is 0 Å². The predicted octanol–water partition coefficient (Wildman–Crippen LogP) is 2.86. The largest absolute Gasteiger partial charge is 0.493 e. The average molecular weight is 436 g/mol. The fraction of sp³-hybridized carbons (Fsp3) is 0.455. The highest BCUT2D eigenvalue weighted by atomic mass is 32.2. The van der Waals surface area contributed by atoms with Crippen LogP contribution in [0, 0.1) is 0 Å². The molecule has 0 fully saturated rings. The van der Waals surface area contributed by atoms with Crippen molar-refractivity contribution in [2.75, 3.05) is 47.8 Å². The number of nitrogens with zero attached hydrogens (tertiary/aromatic N) is 1. The zero-order chi connectivity index (χ0) is 21.9. The van der Waals surface area contributed by atoms with Gasteiger partial charge in [0.15, 0.2) is 21.3 Å². The molecule has 0 radical (unpaired) electrons. The first-order valence-electron chi connectivity index (χ1n) is 9.65. The van der Waals surface area contributed by atoms with Crippen molar-refractivity contribution in [2.24, 2.45) is 0 Å². The summed E-state index contributed by atoms with van der Waals surface area (Å²) in [6.45, 7) is 0.671. The molecule has 1 aliphatic rings. The van der Waals surface area contributed by atoms with Crippen molar-refractivity contribution in [3.05, 3.63) is 47.5 Å². The van der Waals surface area contributed by atoms with Crippen LogP contribution in [-0.4, -0.2) is 61.1 Å². The van der Waals surface area contributed by atoms with Gasteiger partial charge in [0.05, 0.1) is 50.7 Å². The first-order valence-corrected chi connectivity index (χ1v) is 11.3. The Morgan fingerprint density at radius 1 is 1.00 bits per heavy atom. The van der Waals surface area contributed by atoms with E-state index in [1.165, 1.54) is 0 Å². The highest BCUT2D eigenvalue weighted by molar-refractivity contribution is 7.91. The Morgan fingerprint density at radius 2 is 1.63 bits per heavy atom. The molecule has 2 aromatic rings. The minimum Gasteiger partial charge on any atom is -0.493 e. The van der Waals surface area contributed by atoms with Gasteiger partial charge in [0.25, 0.3) is 0 Å². The van der Waals surface area contributed by atoms with E-state index in [1.54, 1.807) is 33.5 Å². The number of fused-ring (bicyclic) bond motifs is 1. The van der Waals surface area contributed by atoms with E-state index in [-0.39, 0.29) is 5.75 Å². The summed E-state index contributed by atoms with van der Waals surface area (Å²) in [5.41, 5.74) is 1.13. The van der Waals surface area contributed by atoms with Crippen molar-refractivity contribution in [1.82, 2.24) is 4.90 Å². The maximum Gasteiger partial charge on any atom is 0.203 e. The molecule has 164 valence electrons. The third-order valence-electron chi connectivity index (χ3n) is 5.70. The number of likely N-dealkylation sites (N-methyl/N-ethyl adjacent to an activating group) is 1. The summed E-state index contributed by atoms with van der Waals surface area (Å²) in [6, 6.07) is 10.9. The van der Waals surface area contributed by atoms with Crippen LogP contribution < -0.4 is 14.2 Å². The lowest BCUT2D eigenvalue weighted by atomic mass is 9.86. The summed E-state index contributed by atoms with van der Waals surface area (Å²) in [5.74, 6) is 1.74. The van der Waals surface area contributed by atoms with Crippen LogP contribution >= 0.6 is 0 Å². The van der Waals surface area contributed by atoms with Gasteiger partial charge in [-0.25, -0.2) is 8.42 Å². The van der Waals surface area contributed by atoms with Crippen LogP contribution in [0.3, 0.4) is 0 Å². The Morgan fingerprint density at radius 3 is 2.20 bits per heavy atom. The van der Waals surface area contributed by atoms with Crippen LogP contribution in [0.4, 0.5) is 0 Å². The van der Waals surface area contributed by atoms with Gasteiger partial charge in [-0.1, -0.05) is 18.2 Å². The van der Waals surface area contributed by atoms with E-state index < -0.39 is 15.4 Å². The number of hydrogen-bond acceptors (Lipinski definition) is 7. The third-order valence-corrected chi connectivity index (χ3v) is 7.47. The van der Waals surface area contributed by atoms with Crippen molar-refractivity contribution >= 4 is 9.84 Å². The Bertz CT molecular complexity index is 979. The van der Waals surface area contributed by atoms with Crippen molar-refractivity contribution in [3.8, 4) is 17.2 Å². The molecule has 0 aliphatic carbocycles. The van der Waals surface area contributed by atoms with E-state index in [0.29, 0.717) is 41.8 Å². The number of rotatable bonds is 8. The minimum absolute atomic E-state index is 0.0930. The topological polar surface area (TPSA) is 74.3 Å². The van der Waals surface area contributed by atoms with Gasteiger partial charge in [-0.2, -0.15) is 0 Å². The molecule has 0 N–H and O–H groups in total. The fourth-order valence-corrected chi connectivity index (χ4v) is 5.68. The number of benzene rings is 2. The lowest BCUT2D eigenvalue weighted by molar-refractivity contribution is -0.000418. The van der Waals surface area contributed by atoms with Crippen molar-refractivity contribution in [1.29, 1.82) is 0 Å². The summed E-state index contributed by atoms with van der Waals surface area (Å²) in [4.78, 5) is 2.44. The normalized spacial score (nSPS) is 19.9.